The Labute approximate surface area is 95.2 Å². The summed E-state index contributed by atoms with van der Waals surface area (Å²) < 4.78 is 0. The Hall–Kier alpha value is -1.30. The molecular weight excluding hydrogens is 210 g/mol. The van der Waals surface area contributed by atoms with E-state index in [4.69, 9.17) is 5.11 Å². The molecule has 0 bridgehead atoms. The maximum atomic E-state index is 11.8. The predicted molar refractivity (Wildman–Crippen MR) is 59.3 cm³/mol. The minimum absolute atomic E-state index is 0.213. The number of amides is 2. The van der Waals surface area contributed by atoms with Crippen molar-refractivity contribution in [3.63, 3.8) is 0 Å². The molecule has 0 aromatic rings. The number of carbonyl (C=O) groups excluding carboxylic acids is 1. The van der Waals surface area contributed by atoms with E-state index in [9.17, 15) is 9.59 Å². The molecule has 1 saturated heterocycles. The first-order valence-corrected chi connectivity index (χ1v) is 5.43. The zero-order chi connectivity index (χ0) is 12.1. The predicted octanol–water partition coefficient (Wildman–Crippen LogP) is -0.193. The van der Waals surface area contributed by atoms with Gasteiger partial charge in [0.05, 0.1) is 0 Å². The Bertz CT molecular complexity index is 264. The number of urea groups is 1. The second-order valence-electron chi connectivity index (χ2n) is 4.12. The first-order valence-electron chi connectivity index (χ1n) is 5.43. The highest BCUT2D eigenvalue weighted by molar-refractivity contribution is 5.79. The highest BCUT2D eigenvalue weighted by atomic mass is 16.4. The van der Waals surface area contributed by atoms with Gasteiger partial charge in [-0.2, -0.15) is 0 Å². The lowest BCUT2D eigenvalue weighted by molar-refractivity contribution is -0.137. The van der Waals surface area contributed by atoms with Crippen molar-refractivity contribution in [3.8, 4) is 0 Å². The van der Waals surface area contributed by atoms with Gasteiger partial charge in [0.25, 0.3) is 0 Å². The first kappa shape index (κ1) is 12.8. The van der Waals surface area contributed by atoms with Crippen molar-refractivity contribution in [2.45, 2.75) is 18.9 Å². The number of aliphatic carboxylic acids is 1. The van der Waals surface area contributed by atoms with Crippen LogP contribution in [0.4, 0.5) is 4.79 Å². The number of rotatable bonds is 3. The minimum atomic E-state index is -0.991. The molecule has 0 unspecified atom stereocenters. The summed E-state index contributed by atoms with van der Waals surface area (Å²) in [7, 11) is 3.24. The summed E-state index contributed by atoms with van der Waals surface area (Å²) in [6.07, 6.45) is 1.84. The zero-order valence-corrected chi connectivity index (χ0v) is 9.77. The molecule has 1 aliphatic heterocycles. The van der Waals surface area contributed by atoms with E-state index in [-0.39, 0.29) is 18.6 Å². The second kappa shape index (κ2) is 5.69. The van der Waals surface area contributed by atoms with Crippen LogP contribution in [0.5, 0.6) is 0 Å². The fourth-order valence-electron chi connectivity index (χ4n) is 1.89. The SMILES string of the molecule is CN(CC(=O)O)C(=O)N(C)C1CCNCC1. The second-order valence-corrected chi connectivity index (χ2v) is 4.12. The van der Waals surface area contributed by atoms with Crippen LogP contribution >= 0.6 is 0 Å². The minimum Gasteiger partial charge on any atom is -0.480 e. The van der Waals surface area contributed by atoms with E-state index in [0.717, 1.165) is 25.9 Å². The molecule has 1 aliphatic rings. The van der Waals surface area contributed by atoms with E-state index in [0.29, 0.717) is 0 Å². The summed E-state index contributed by atoms with van der Waals surface area (Å²) >= 11 is 0. The molecule has 0 aromatic carbocycles. The molecule has 6 nitrogen and oxygen atoms in total. The third kappa shape index (κ3) is 3.37. The normalized spacial score (nSPS) is 16.9. The van der Waals surface area contributed by atoms with E-state index < -0.39 is 5.97 Å². The molecule has 2 N–H and O–H groups in total. The molecule has 0 radical (unpaired) electrons. The molecule has 1 rings (SSSR count). The summed E-state index contributed by atoms with van der Waals surface area (Å²) in [4.78, 5) is 25.2. The maximum absolute atomic E-state index is 11.8. The van der Waals surface area contributed by atoms with Crippen molar-refractivity contribution in [3.05, 3.63) is 0 Å². The van der Waals surface area contributed by atoms with Crippen LogP contribution < -0.4 is 5.32 Å². The molecule has 1 heterocycles. The zero-order valence-electron chi connectivity index (χ0n) is 9.77. The Balaban J connectivity index is 2.48. The van der Waals surface area contributed by atoms with Gasteiger partial charge in [0.15, 0.2) is 0 Å². The Kier molecular flexibility index (Phi) is 4.54. The maximum Gasteiger partial charge on any atom is 0.323 e. The van der Waals surface area contributed by atoms with Crippen LogP contribution in [0.25, 0.3) is 0 Å². The van der Waals surface area contributed by atoms with Gasteiger partial charge in [0, 0.05) is 20.1 Å². The molecule has 0 atom stereocenters. The van der Waals surface area contributed by atoms with Gasteiger partial charge in [0.1, 0.15) is 6.54 Å². The number of likely N-dealkylation sites (N-methyl/N-ethyl adjacent to an activating group) is 1. The van der Waals surface area contributed by atoms with Gasteiger partial charge in [-0.25, -0.2) is 4.79 Å². The van der Waals surface area contributed by atoms with Gasteiger partial charge < -0.3 is 20.2 Å². The third-order valence-electron chi connectivity index (χ3n) is 2.86. The number of piperidine rings is 1. The molecule has 2 amide bonds. The van der Waals surface area contributed by atoms with Crippen LogP contribution in [0, 0.1) is 0 Å². The topological polar surface area (TPSA) is 72.9 Å². The van der Waals surface area contributed by atoms with Crippen molar-refractivity contribution < 1.29 is 14.7 Å². The van der Waals surface area contributed by atoms with Crippen LogP contribution in [0.3, 0.4) is 0 Å². The first-order chi connectivity index (χ1) is 7.52. The summed E-state index contributed by atoms with van der Waals surface area (Å²) in [5.74, 6) is -0.991. The summed E-state index contributed by atoms with van der Waals surface area (Å²) in [5.41, 5.74) is 0. The summed E-state index contributed by atoms with van der Waals surface area (Å²) in [6.45, 7) is 1.56. The number of carbonyl (C=O) groups is 2. The number of nitrogens with one attached hydrogen (secondary N) is 1. The quantitative estimate of drug-likeness (QED) is 0.703. The standard InChI is InChI=1S/C10H19N3O3/c1-12(7-9(14)15)10(16)13(2)8-3-5-11-6-4-8/h8,11H,3-7H2,1-2H3,(H,14,15). The highest BCUT2D eigenvalue weighted by Crippen LogP contribution is 2.11. The van der Waals surface area contributed by atoms with Crippen molar-refractivity contribution in [1.82, 2.24) is 15.1 Å². The van der Waals surface area contributed by atoms with Gasteiger partial charge in [-0.05, 0) is 25.9 Å². The Morgan fingerprint density at radius 2 is 1.88 bits per heavy atom. The van der Waals surface area contributed by atoms with Crippen molar-refractivity contribution >= 4 is 12.0 Å². The molecule has 0 aliphatic carbocycles. The van der Waals surface area contributed by atoms with Gasteiger partial charge in [0.2, 0.25) is 0 Å². The lowest BCUT2D eigenvalue weighted by Gasteiger charge is -2.33. The van der Waals surface area contributed by atoms with E-state index >= 15 is 0 Å². The number of carboxylic acids is 1. The highest BCUT2D eigenvalue weighted by Gasteiger charge is 2.24. The van der Waals surface area contributed by atoms with Gasteiger partial charge in [-0.1, -0.05) is 0 Å². The van der Waals surface area contributed by atoms with E-state index in [1.165, 1.54) is 11.9 Å². The van der Waals surface area contributed by atoms with E-state index in [1.807, 2.05) is 0 Å². The van der Waals surface area contributed by atoms with Crippen LogP contribution in [-0.2, 0) is 4.79 Å². The van der Waals surface area contributed by atoms with Gasteiger partial charge in [-0.3, -0.25) is 4.79 Å². The molecule has 92 valence electrons. The number of hydrogen-bond acceptors (Lipinski definition) is 3. The van der Waals surface area contributed by atoms with Crippen molar-refractivity contribution in [2.24, 2.45) is 0 Å². The van der Waals surface area contributed by atoms with Crippen LogP contribution in [0.2, 0.25) is 0 Å². The van der Waals surface area contributed by atoms with Crippen LogP contribution in [0.1, 0.15) is 12.8 Å². The van der Waals surface area contributed by atoms with Crippen molar-refractivity contribution in [1.29, 1.82) is 0 Å². The number of hydrogen-bond donors (Lipinski definition) is 2. The van der Waals surface area contributed by atoms with E-state index in [1.54, 1.807) is 11.9 Å². The fourth-order valence-corrected chi connectivity index (χ4v) is 1.89. The number of nitrogens with zero attached hydrogens (tertiary/aromatic N) is 2. The molecule has 0 aromatic heterocycles. The molecule has 0 saturated carbocycles. The lowest BCUT2D eigenvalue weighted by Crippen LogP contribution is -2.49. The van der Waals surface area contributed by atoms with Crippen LogP contribution in [0.15, 0.2) is 0 Å². The molecule has 0 spiro atoms. The Morgan fingerprint density at radius 3 is 2.38 bits per heavy atom. The van der Waals surface area contributed by atoms with E-state index in [2.05, 4.69) is 5.32 Å². The molecule has 16 heavy (non-hydrogen) atoms. The lowest BCUT2D eigenvalue weighted by atomic mass is 10.1. The average Bonchev–Trinajstić information content (AvgIpc) is 2.27. The monoisotopic (exact) mass is 229 g/mol. The summed E-state index contributed by atoms with van der Waals surface area (Å²) in [6, 6.07) is -0.0145. The third-order valence-corrected chi connectivity index (χ3v) is 2.86. The molecule has 6 heteroatoms. The Morgan fingerprint density at radius 1 is 1.31 bits per heavy atom. The van der Waals surface area contributed by atoms with Crippen molar-refractivity contribution in [2.75, 3.05) is 33.7 Å². The summed E-state index contributed by atoms with van der Waals surface area (Å²) in [5, 5.41) is 11.8. The smallest absolute Gasteiger partial charge is 0.323 e. The fraction of sp³-hybridized carbons (Fsp3) is 0.800. The molecular formula is C10H19N3O3. The van der Waals surface area contributed by atoms with Gasteiger partial charge in [-0.15, -0.1) is 0 Å². The molecule has 1 fully saturated rings. The van der Waals surface area contributed by atoms with Crippen LogP contribution in [-0.4, -0.2) is 66.7 Å². The number of carboxylic acid groups (broad SMARTS) is 1. The largest absolute Gasteiger partial charge is 0.480 e. The average molecular weight is 229 g/mol. The van der Waals surface area contributed by atoms with Gasteiger partial charge >= 0.3 is 12.0 Å².